The first kappa shape index (κ1) is 12.7. The minimum atomic E-state index is -0.845. The first-order chi connectivity index (χ1) is 10.7. The van der Waals surface area contributed by atoms with Crippen LogP contribution in [-0.4, -0.2) is 33.6 Å². The van der Waals surface area contributed by atoms with Gasteiger partial charge in [-0.05, 0) is 24.3 Å². The van der Waals surface area contributed by atoms with Crippen LogP contribution in [0.1, 0.15) is 32.5 Å². The maximum absolute atomic E-state index is 12.5. The van der Waals surface area contributed by atoms with Gasteiger partial charge in [0.15, 0.2) is 0 Å². The molecule has 1 saturated heterocycles. The van der Waals surface area contributed by atoms with Crippen molar-refractivity contribution < 1.29 is 14.4 Å². The van der Waals surface area contributed by atoms with Crippen molar-refractivity contribution >= 4 is 17.7 Å². The highest BCUT2D eigenvalue weighted by Gasteiger charge is 2.52. The van der Waals surface area contributed by atoms with Crippen molar-refractivity contribution in [1.29, 1.82) is 0 Å². The smallest absolute Gasteiger partial charge is 0.262 e. The molecule has 0 aliphatic carbocycles. The molecule has 2 atom stereocenters. The molecule has 0 bridgehead atoms. The molecule has 108 valence electrons. The summed E-state index contributed by atoms with van der Waals surface area (Å²) in [7, 11) is 0. The van der Waals surface area contributed by atoms with Crippen molar-refractivity contribution in [2.45, 2.75) is 12.1 Å². The number of hydrogen-bond donors (Lipinski definition) is 1. The van der Waals surface area contributed by atoms with Crippen molar-refractivity contribution in [3.05, 3.63) is 65.5 Å². The van der Waals surface area contributed by atoms with E-state index < -0.39 is 23.9 Å². The number of β-lactam (4-membered cyclic amide) rings is 1. The van der Waals surface area contributed by atoms with E-state index in [0.717, 1.165) is 4.90 Å². The topological polar surface area (TPSA) is 79.4 Å². The zero-order valence-corrected chi connectivity index (χ0v) is 11.4. The molecule has 3 heterocycles. The molecule has 0 unspecified atom stereocenters. The maximum Gasteiger partial charge on any atom is 0.262 e. The van der Waals surface area contributed by atoms with Crippen molar-refractivity contribution in [3.8, 4) is 0 Å². The highest BCUT2D eigenvalue weighted by Crippen LogP contribution is 2.33. The molecule has 1 aromatic heterocycles. The second kappa shape index (κ2) is 4.49. The molecule has 1 N–H and O–H groups in total. The Kier molecular flexibility index (Phi) is 2.59. The lowest BCUT2D eigenvalue weighted by Crippen LogP contribution is -2.65. The highest BCUT2D eigenvalue weighted by molar-refractivity contribution is 6.23. The van der Waals surface area contributed by atoms with Gasteiger partial charge >= 0.3 is 0 Å². The minimum absolute atomic E-state index is 0.340. The van der Waals surface area contributed by atoms with E-state index in [0.29, 0.717) is 16.8 Å². The second-order valence-corrected chi connectivity index (χ2v) is 5.21. The fourth-order valence-corrected chi connectivity index (χ4v) is 2.90. The maximum atomic E-state index is 12.5. The van der Waals surface area contributed by atoms with Gasteiger partial charge in [-0.25, -0.2) is 0 Å². The molecule has 1 fully saturated rings. The fraction of sp³-hybridized carbons (Fsp3) is 0.125. The number of nitrogens with zero attached hydrogens (tertiary/aromatic N) is 2. The number of pyridine rings is 1. The summed E-state index contributed by atoms with van der Waals surface area (Å²) < 4.78 is 0. The molecule has 0 radical (unpaired) electrons. The average molecular weight is 293 g/mol. The Morgan fingerprint density at radius 2 is 1.55 bits per heavy atom. The highest BCUT2D eigenvalue weighted by atomic mass is 16.2. The number of amides is 3. The van der Waals surface area contributed by atoms with Crippen LogP contribution in [0.2, 0.25) is 0 Å². The zero-order valence-electron chi connectivity index (χ0n) is 11.4. The summed E-state index contributed by atoms with van der Waals surface area (Å²) in [6, 6.07) is 10.6. The van der Waals surface area contributed by atoms with E-state index in [4.69, 9.17) is 0 Å². The van der Waals surface area contributed by atoms with Gasteiger partial charge in [0.25, 0.3) is 11.8 Å². The molecule has 1 aromatic carbocycles. The normalized spacial score (nSPS) is 23.1. The molecular formula is C16H11N3O3. The van der Waals surface area contributed by atoms with E-state index in [1.807, 2.05) is 0 Å². The van der Waals surface area contributed by atoms with Crippen LogP contribution in [0.4, 0.5) is 0 Å². The van der Waals surface area contributed by atoms with Crippen LogP contribution in [0.3, 0.4) is 0 Å². The molecular weight excluding hydrogens is 282 g/mol. The van der Waals surface area contributed by atoms with Gasteiger partial charge in [-0.3, -0.25) is 24.3 Å². The molecule has 0 spiro atoms. The molecule has 2 aliphatic heterocycles. The summed E-state index contributed by atoms with van der Waals surface area (Å²) in [6.45, 7) is 0. The van der Waals surface area contributed by atoms with E-state index in [1.54, 1.807) is 48.7 Å². The number of rotatable bonds is 2. The van der Waals surface area contributed by atoms with Gasteiger partial charge in [0.2, 0.25) is 5.91 Å². The number of carbonyl (C=O) groups is 3. The van der Waals surface area contributed by atoms with Gasteiger partial charge in [-0.2, -0.15) is 0 Å². The molecule has 22 heavy (non-hydrogen) atoms. The quantitative estimate of drug-likeness (QED) is 0.659. The third-order valence-electron chi connectivity index (χ3n) is 3.99. The van der Waals surface area contributed by atoms with Crippen molar-refractivity contribution in [1.82, 2.24) is 15.2 Å². The van der Waals surface area contributed by atoms with Gasteiger partial charge in [0, 0.05) is 6.20 Å². The lowest BCUT2D eigenvalue weighted by molar-refractivity contribution is -0.135. The average Bonchev–Trinajstić information content (AvgIpc) is 2.79. The van der Waals surface area contributed by atoms with Gasteiger partial charge in [-0.1, -0.05) is 18.2 Å². The Hall–Kier alpha value is -3.02. The summed E-state index contributed by atoms with van der Waals surface area (Å²) in [6.07, 6.45) is 1.61. The fourth-order valence-electron chi connectivity index (χ4n) is 2.90. The minimum Gasteiger partial charge on any atom is -0.343 e. The molecule has 2 aliphatic rings. The Morgan fingerprint density at radius 3 is 2.09 bits per heavy atom. The van der Waals surface area contributed by atoms with Crippen LogP contribution in [-0.2, 0) is 4.79 Å². The third kappa shape index (κ3) is 1.60. The number of hydrogen-bond acceptors (Lipinski definition) is 4. The van der Waals surface area contributed by atoms with Crippen LogP contribution in [0.25, 0.3) is 0 Å². The van der Waals surface area contributed by atoms with Gasteiger partial charge in [-0.15, -0.1) is 0 Å². The molecule has 6 heteroatoms. The van der Waals surface area contributed by atoms with Crippen LogP contribution in [0.5, 0.6) is 0 Å². The van der Waals surface area contributed by atoms with E-state index in [1.165, 1.54) is 0 Å². The summed E-state index contributed by atoms with van der Waals surface area (Å²) in [4.78, 5) is 42.1. The van der Waals surface area contributed by atoms with Gasteiger partial charge < -0.3 is 5.32 Å². The lowest BCUT2D eigenvalue weighted by Gasteiger charge is -2.40. The largest absolute Gasteiger partial charge is 0.343 e. The zero-order chi connectivity index (χ0) is 15.3. The van der Waals surface area contributed by atoms with Crippen molar-refractivity contribution in [2.24, 2.45) is 0 Å². The summed E-state index contributed by atoms with van der Waals surface area (Å²) in [5, 5.41) is 2.71. The summed E-state index contributed by atoms with van der Waals surface area (Å²) in [5.74, 6) is -1.20. The van der Waals surface area contributed by atoms with E-state index >= 15 is 0 Å². The van der Waals surface area contributed by atoms with Gasteiger partial charge in [0.1, 0.15) is 12.1 Å². The first-order valence-corrected chi connectivity index (χ1v) is 6.86. The molecule has 0 saturated carbocycles. The lowest BCUT2D eigenvalue weighted by atomic mass is 9.93. The van der Waals surface area contributed by atoms with E-state index in [2.05, 4.69) is 10.3 Å². The van der Waals surface area contributed by atoms with Crippen LogP contribution >= 0.6 is 0 Å². The number of benzene rings is 1. The Labute approximate surface area is 125 Å². The Bertz CT molecular complexity index is 768. The van der Waals surface area contributed by atoms with E-state index in [-0.39, 0.29) is 5.91 Å². The number of nitrogens with one attached hydrogen (secondary N) is 1. The van der Waals surface area contributed by atoms with Gasteiger partial charge in [0.05, 0.1) is 16.8 Å². The van der Waals surface area contributed by atoms with Crippen LogP contribution < -0.4 is 5.32 Å². The summed E-state index contributed by atoms with van der Waals surface area (Å²) >= 11 is 0. The number of fused-ring (bicyclic) bond motifs is 1. The number of aromatic nitrogens is 1. The van der Waals surface area contributed by atoms with Crippen LogP contribution in [0.15, 0.2) is 48.7 Å². The Morgan fingerprint density at radius 1 is 0.909 bits per heavy atom. The molecule has 6 nitrogen and oxygen atoms in total. The van der Waals surface area contributed by atoms with Crippen molar-refractivity contribution in [3.63, 3.8) is 0 Å². The number of imide groups is 1. The monoisotopic (exact) mass is 293 g/mol. The predicted molar refractivity (Wildman–Crippen MR) is 75.9 cm³/mol. The summed E-state index contributed by atoms with van der Waals surface area (Å²) in [5.41, 5.74) is 1.31. The van der Waals surface area contributed by atoms with Crippen molar-refractivity contribution in [2.75, 3.05) is 0 Å². The third-order valence-corrected chi connectivity index (χ3v) is 3.99. The predicted octanol–water partition coefficient (Wildman–Crippen LogP) is 0.917. The Balaban J connectivity index is 1.72. The first-order valence-electron chi connectivity index (χ1n) is 6.86. The SMILES string of the molecule is O=C1N[C@@H](c2ccccn2)[C@H]1N1C(=O)c2ccccc2C1=O. The molecule has 4 rings (SSSR count). The number of carbonyl (C=O) groups excluding carboxylic acids is 3. The molecule has 2 aromatic rings. The molecule has 3 amide bonds. The van der Waals surface area contributed by atoms with E-state index in [9.17, 15) is 14.4 Å². The second-order valence-electron chi connectivity index (χ2n) is 5.21. The standard InChI is InChI=1S/C16H11N3O3/c20-14-13(12(18-14)11-7-3-4-8-17-11)19-15(21)9-5-1-2-6-10(9)16(19)22/h1-8,12-13H,(H,18,20)/t12-,13+/m0/s1. The van der Waals surface area contributed by atoms with Crippen LogP contribution in [0, 0.1) is 0 Å².